The highest BCUT2D eigenvalue weighted by Gasteiger charge is 2.34. The number of carbonyl (C=O) groups is 2. The number of carboxylic acids is 1. The van der Waals surface area contributed by atoms with Gasteiger partial charge in [0.05, 0.1) is 13.2 Å². The smallest absolute Gasteiger partial charge is 0.332 e. The van der Waals surface area contributed by atoms with Gasteiger partial charge < -0.3 is 19.9 Å². The van der Waals surface area contributed by atoms with Crippen LogP contribution < -0.4 is 5.32 Å². The first-order valence-electron chi connectivity index (χ1n) is 7.13. The molecule has 0 aromatic carbocycles. The van der Waals surface area contributed by atoms with Gasteiger partial charge in [0.25, 0.3) is 0 Å². The molecular weight excluding hydrogens is 264 g/mol. The summed E-state index contributed by atoms with van der Waals surface area (Å²) < 4.78 is 10.5. The molecular formula is C13H22N2O5. The third-order valence-electron chi connectivity index (χ3n) is 3.64. The Hall–Kier alpha value is -1.18. The highest BCUT2D eigenvalue weighted by atomic mass is 16.5. The molecule has 7 heteroatoms. The van der Waals surface area contributed by atoms with E-state index < -0.39 is 18.2 Å². The molecule has 0 radical (unpaired) electrons. The van der Waals surface area contributed by atoms with E-state index in [1.54, 1.807) is 0 Å². The van der Waals surface area contributed by atoms with Crippen LogP contribution in [-0.2, 0) is 19.1 Å². The summed E-state index contributed by atoms with van der Waals surface area (Å²) in [5.74, 6) is -1.19. The first kappa shape index (κ1) is 15.2. The molecule has 0 spiro atoms. The number of hydrogen-bond donors (Lipinski definition) is 2. The van der Waals surface area contributed by atoms with Gasteiger partial charge in [0, 0.05) is 19.6 Å². The molecule has 114 valence electrons. The van der Waals surface area contributed by atoms with E-state index in [4.69, 9.17) is 14.6 Å². The fraction of sp³-hybridized carbons (Fsp3) is 0.846. The standard InChI is InChI=1S/C13H22N2O5/c16-12(10-2-3-11(20-10)13(17)18)14-4-1-5-15-6-8-19-9-7-15/h10-11H,1-9H2,(H,14,16)(H,17,18). The van der Waals surface area contributed by atoms with Crippen LogP contribution in [0.5, 0.6) is 0 Å². The average molecular weight is 286 g/mol. The zero-order chi connectivity index (χ0) is 14.4. The van der Waals surface area contributed by atoms with Crippen molar-refractivity contribution in [3.8, 4) is 0 Å². The van der Waals surface area contributed by atoms with Gasteiger partial charge in [-0.1, -0.05) is 0 Å². The van der Waals surface area contributed by atoms with Crippen molar-refractivity contribution in [2.24, 2.45) is 0 Å². The predicted molar refractivity (Wildman–Crippen MR) is 70.4 cm³/mol. The molecule has 2 heterocycles. The average Bonchev–Trinajstić information content (AvgIpc) is 2.94. The van der Waals surface area contributed by atoms with Crippen LogP contribution in [-0.4, -0.2) is 73.5 Å². The second kappa shape index (κ2) is 7.56. The van der Waals surface area contributed by atoms with Gasteiger partial charge in [-0.2, -0.15) is 0 Å². The molecule has 2 atom stereocenters. The molecule has 2 aliphatic rings. The topological polar surface area (TPSA) is 88.1 Å². The number of nitrogens with one attached hydrogen (secondary N) is 1. The van der Waals surface area contributed by atoms with Crippen molar-refractivity contribution in [2.45, 2.75) is 31.5 Å². The number of aliphatic carboxylic acids is 1. The van der Waals surface area contributed by atoms with Crippen molar-refractivity contribution in [2.75, 3.05) is 39.4 Å². The van der Waals surface area contributed by atoms with E-state index in [0.29, 0.717) is 19.4 Å². The van der Waals surface area contributed by atoms with Crippen LogP contribution in [0.2, 0.25) is 0 Å². The Morgan fingerprint density at radius 1 is 1.20 bits per heavy atom. The summed E-state index contributed by atoms with van der Waals surface area (Å²) in [6, 6.07) is 0. The normalized spacial score (nSPS) is 27.4. The Morgan fingerprint density at radius 3 is 2.55 bits per heavy atom. The first-order valence-corrected chi connectivity index (χ1v) is 7.13. The van der Waals surface area contributed by atoms with Gasteiger partial charge in [-0.3, -0.25) is 9.69 Å². The van der Waals surface area contributed by atoms with Crippen LogP contribution in [0.25, 0.3) is 0 Å². The Kier molecular flexibility index (Phi) is 5.75. The lowest BCUT2D eigenvalue weighted by Crippen LogP contribution is -2.39. The molecule has 0 aliphatic carbocycles. The molecule has 2 aliphatic heterocycles. The molecule has 2 saturated heterocycles. The summed E-state index contributed by atoms with van der Waals surface area (Å²) in [7, 11) is 0. The Balaban J connectivity index is 1.57. The fourth-order valence-corrected chi connectivity index (χ4v) is 2.46. The van der Waals surface area contributed by atoms with Crippen LogP contribution in [0, 0.1) is 0 Å². The number of ether oxygens (including phenoxy) is 2. The fourth-order valence-electron chi connectivity index (χ4n) is 2.46. The molecule has 0 aromatic rings. The zero-order valence-corrected chi connectivity index (χ0v) is 11.5. The summed E-state index contributed by atoms with van der Waals surface area (Å²) in [6.45, 7) is 4.97. The Bertz CT molecular complexity index is 344. The third kappa shape index (κ3) is 4.43. The maximum Gasteiger partial charge on any atom is 0.332 e. The monoisotopic (exact) mass is 286 g/mol. The molecule has 20 heavy (non-hydrogen) atoms. The van der Waals surface area contributed by atoms with E-state index in [1.807, 2.05) is 0 Å². The molecule has 2 fully saturated rings. The quantitative estimate of drug-likeness (QED) is 0.637. The van der Waals surface area contributed by atoms with Crippen LogP contribution in [0.1, 0.15) is 19.3 Å². The molecule has 2 rings (SSSR count). The SMILES string of the molecule is O=C(O)C1CCC(C(=O)NCCCN2CCOCC2)O1. The third-order valence-corrected chi connectivity index (χ3v) is 3.64. The second-order valence-corrected chi connectivity index (χ2v) is 5.13. The highest BCUT2D eigenvalue weighted by molar-refractivity contribution is 5.82. The molecule has 0 aromatic heterocycles. The van der Waals surface area contributed by atoms with E-state index in [1.165, 1.54) is 0 Å². The largest absolute Gasteiger partial charge is 0.479 e. The molecule has 2 unspecified atom stereocenters. The van der Waals surface area contributed by atoms with Gasteiger partial charge >= 0.3 is 5.97 Å². The lowest BCUT2D eigenvalue weighted by Gasteiger charge is -2.26. The first-order chi connectivity index (χ1) is 9.66. The Morgan fingerprint density at radius 2 is 1.90 bits per heavy atom. The number of carbonyl (C=O) groups excluding carboxylic acids is 1. The molecule has 2 N–H and O–H groups in total. The van der Waals surface area contributed by atoms with Crippen molar-refractivity contribution in [3.05, 3.63) is 0 Å². The number of nitrogens with zero attached hydrogens (tertiary/aromatic N) is 1. The van der Waals surface area contributed by atoms with Crippen molar-refractivity contribution < 1.29 is 24.2 Å². The van der Waals surface area contributed by atoms with E-state index >= 15 is 0 Å². The number of carboxylic acid groups (broad SMARTS) is 1. The summed E-state index contributed by atoms with van der Waals surface area (Å²) in [5, 5.41) is 11.6. The summed E-state index contributed by atoms with van der Waals surface area (Å²) >= 11 is 0. The minimum Gasteiger partial charge on any atom is -0.479 e. The van der Waals surface area contributed by atoms with E-state index in [2.05, 4.69) is 10.2 Å². The number of morpholine rings is 1. The zero-order valence-electron chi connectivity index (χ0n) is 11.5. The number of hydrogen-bond acceptors (Lipinski definition) is 5. The van der Waals surface area contributed by atoms with Gasteiger partial charge in [0.15, 0.2) is 6.10 Å². The van der Waals surface area contributed by atoms with Crippen molar-refractivity contribution in [3.63, 3.8) is 0 Å². The van der Waals surface area contributed by atoms with Crippen LogP contribution in [0.15, 0.2) is 0 Å². The predicted octanol–water partition coefficient (Wildman–Crippen LogP) is -0.543. The minimum atomic E-state index is -0.993. The van der Waals surface area contributed by atoms with Gasteiger partial charge in [-0.25, -0.2) is 4.79 Å². The van der Waals surface area contributed by atoms with E-state index in [-0.39, 0.29) is 5.91 Å². The van der Waals surface area contributed by atoms with Crippen LogP contribution in [0.3, 0.4) is 0 Å². The van der Waals surface area contributed by atoms with Crippen LogP contribution >= 0.6 is 0 Å². The lowest BCUT2D eigenvalue weighted by molar-refractivity contribution is -0.151. The highest BCUT2D eigenvalue weighted by Crippen LogP contribution is 2.19. The second-order valence-electron chi connectivity index (χ2n) is 5.13. The van der Waals surface area contributed by atoms with Crippen molar-refractivity contribution in [1.29, 1.82) is 0 Å². The Labute approximate surface area is 118 Å². The number of rotatable bonds is 6. The van der Waals surface area contributed by atoms with Gasteiger partial charge in [0.2, 0.25) is 5.91 Å². The molecule has 0 bridgehead atoms. The summed E-state index contributed by atoms with van der Waals surface area (Å²) in [6.07, 6.45) is 0.312. The summed E-state index contributed by atoms with van der Waals surface area (Å²) in [4.78, 5) is 24.8. The van der Waals surface area contributed by atoms with Crippen LogP contribution in [0.4, 0.5) is 0 Å². The van der Waals surface area contributed by atoms with Gasteiger partial charge in [-0.15, -0.1) is 0 Å². The maximum absolute atomic E-state index is 11.8. The van der Waals surface area contributed by atoms with E-state index in [9.17, 15) is 9.59 Å². The van der Waals surface area contributed by atoms with Gasteiger partial charge in [0.1, 0.15) is 6.10 Å². The molecule has 7 nitrogen and oxygen atoms in total. The van der Waals surface area contributed by atoms with Crippen molar-refractivity contribution >= 4 is 11.9 Å². The maximum atomic E-state index is 11.8. The minimum absolute atomic E-state index is 0.198. The van der Waals surface area contributed by atoms with Gasteiger partial charge in [-0.05, 0) is 25.8 Å². The van der Waals surface area contributed by atoms with E-state index in [0.717, 1.165) is 39.3 Å². The van der Waals surface area contributed by atoms with Crippen molar-refractivity contribution in [1.82, 2.24) is 10.2 Å². The lowest BCUT2D eigenvalue weighted by atomic mass is 10.2. The molecule has 1 amide bonds. The molecule has 0 saturated carbocycles. The summed E-state index contributed by atoms with van der Waals surface area (Å²) in [5.41, 5.74) is 0. The number of amides is 1.